The van der Waals surface area contributed by atoms with Crippen molar-refractivity contribution in [2.24, 2.45) is 5.10 Å². The number of hydrazone groups is 1. The molecule has 0 unspecified atom stereocenters. The largest absolute Gasteiger partial charge is 0.369 e. The molecule has 2 N–H and O–H groups in total. The van der Waals surface area contributed by atoms with Gasteiger partial charge in [-0.2, -0.15) is 5.10 Å². The first-order valence-electron chi connectivity index (χ1n) is 7.78. The lowest BCUT2D eigenvalue weighted by molar-refractivity contribution is 0.0950. The van der Waals surface area contributed by atoms with E-state index in [2.05, 4.69) is 36.3 Å². The van der Waals surface area contributed by atoms with Crippen molar-refractivity contribution in [3.63, 3.8) is 0 Å². The summed E-state index contributed by atoms with van der Waals surface area (Å²) in [5, 5.41) is 4.05. The van der Waals surface area contributed by atoms with Crippen LogP contribution < -0.4 is 10.3 Å². The summed E-state index contributed by atoms with van der Waals surface area (Å²) in [5.41, 5.74) is 4.67. The second-order valence-electron chi connectivity index (χ2n) is 5.73. The van der Waals surface area contributed by atoms with Crippen molar-refractivity contribution in [1.29, 1.82) is 0 Å². The average Bonchev–Trinajstić information content (AvgIpc) is 3.23. The quantitative estimate of drug-likeness (QED) is 0.615. The zero-order valence-electron chi connectivity index (χ0n) is 13.3. The number of hydrogen-bond acceptors (Lipinski definition) is 3. The summed E-state index contributed by atoms with van der Waals surface area (Å²) < 4.78 is 15.1. The van der Waals surface area contributed by atoms with Gasteiger partial charge in [0.25, 0.3) is 5.91 Å². The smallest absolute Gasteiger partial charge is 0.287 e. The van der Waals surface area contributed by atoms with Crippen LogP contribution in [0, 0.1) is 5.82 Å². The maximum absolute atomic E-state index is 14.3. The Morgan fingerprint density at radius 2 is 2.08 bits per heavy atom. The lowest BCUT2D eigenvalue weighted by Crippen LogP contribution is -2.20. The number of carbonyl (C=O) groups excluding carboxylic acids is 1. The molecule has 1 aromatic carbocycles. The van der Waals surface area contributed by atoms with E-state index in [0.29, 0.717) is 22.7 Å². The van der Waals surface area contributed by atoms with E-state index in [1.165, 1.54) is 6.07 Å². The number of anilines is 1. The number of carbonyl (C=O) groups is 1. The Bertz CT molecular complexity index is 781. The third-order valence-corrected chi connectivity index (χ3v) is 4.49. The Labute approximate surface area is 148 Å². The van der Waals surface area contributed by atoms with Gasteiger partial charge in [0.15, 0.2) is 0 Å². The molecule has 7 heteroatoms. The summed E-state index contributed by atoms with van der Waals surface area (Å²) in [6.45, 7) is 3.52. The minimum absolute atomic E-state index is 0.261. The van der Waals surface area contributed by atoms with Crippen LogP contribution in [0.2, 0.25) is 0 Å². The van der Waals surface area contributed by atoms with Crippen LogP contribution in [-0.4, -0.2) is 29.7 Å². The van der Waals surface area contributed by atoms with Crippen LogP contribution in [0.15, 0.2) is 40.0 Å². The van der Waals surface area contributed by atoms with Crippen molar-refractivity contribution in [2.45, 2.75) is 19.8 Å². The summed E-state index contributed by atoms with van der Waals surface area (Å²) in [6.07, 6.45) is 3.86. The number of hydrogen-bond donors (Lipinski definition) is 2. The van der Waals surface area contributed by atoms with E-state index in [1.54, 1.807) is 25.3 Å². The van der Waals surface area contributed by atoms with Crippen molar-refractivity contribution >= 4 is 33.2 Å². The van der Waals surface area contributed by atoms with Gasteiger partial charge in [0.2, 0.25) is 0 Å². The maximum Gasteiger partial charge on any atom is 0.287 e. The Morgan fingerprint density at radius 1 is 1.33 bits per heavy atom. The highest BCUT2D eigenvalue weighted by atomic mass is 79.9. The molecule has 0 bridgehead atoms. The number of H-pyrrole nitrogens is 1. The highest BCUT2D eigenvalue weighted by molar-refractivity contribution is 9.10. The van der Waals surface area contributed by atoms with Gasteiger partial charge in [-0.3, -0.25) is 4.79 Å². The first kappa shape index (κ1) is 16.7. The Balaban J connectivity index is 1.71. The Kier molecular flexibility index (Phi) is 4.99. The first-order valence-corrected chi connectivity index (χ1v) is 8.57. The van der Waals surface area contributed by atoms with E-state index in [4.69, 9.17) is 0 Å². The zero-order valence-corrected chi connectivity index (χ0v) is 14.9. The minimum Gasteiger partial charge on any atom is -0.369 e. The summed E-state index contributed by atoms with van der Waals surface area (Å²) in [4.78, 5) is 16.8. The molecule has 0 spiro atoms. The van der Waals surface area contributed by atoms with Crippen LogP contribution in [0.25, 0.3) is 0 Å². The maximum atomic E-state index is 14.3. The van der Waals surface area contributed by atoms with E-state index >= 15 is 0 Å². The van der Waals surface area contributed by atoms with Crippen molar-refractivity contribution in [1.82, 2.24) is 10.4 Å². The monoisotopic (exact) mass is 392 g/mol. The molecule has 1 aliphatic rings. The lowest BCUT2D eigenvalue weighted by Gasteiger charge is -2.18. The van der Waals surface area contributed by atoms with E-state index in [1.807, 2.05) is 6.07 Å². The number of nitrogens with zero attached hydrogens (tertiary/aromatic N) is 2. The van der Waals surface area contributed by atoms with E-state index in [0.717, 1.165) is 30.4 Å². The van der Waals surface area contributed by atoms with Gasteiger partial charge in [-0.1, -0.05) is 6.07 Å². The predicted molar refractivity (Wildman–Crippen MR) is 96.0 cm³/mol. The number of aromatic nitrogens is 1. The summed E-state index contributed by atoms with van der Waals surface area (Å²) in [7, 11) is 0. The van der Waals surface area contributed by atoms with Crippen molar-refractivity contribution in [3.8, 4) is 0 Å². The molecule has 0 atom stereocenters. The number of benzene rings is 1. The Morgan fingerprint density at radius 3 is 2.71 bits per heavy atom. The van der Waals surface area contributed by atoms with Crippen LogP contribution in [0.4, 0.5) is 10.1 Å². The second kappa shape index (κ2) is 7.17. The van der Waals surface area contributed by atoms with E-state index < -0.39 is 0 Å². The van der Waals surface area contributed by atoms with Gasteiger partial charge in [0.1, 0.15) is 11.5 Å². The molecule has 24 heavy (non-hydrogen) atoms. The lowest BCUT2D eigenvalue weighted by atomic mass is 10.1. The van der Waals surface area contributed by atoms with Crippen molar-refractivity contribution in [3.05, 3.63) is 52.0 Å². The van der Waals surface area contributed by atoms with Gasteiger partial charge in [-0.05, 0) is 53.9 Å². The minimum atomic E-state index is -0.353. The van der Waals surface area contributed by atoms with Crippen LogP contribution in [-0.2, 0) is 0 Å². The molecule has 0 aliphatic carbocycles. The number of nitrogens with one attached hydrogen (secondary N) is 2. The fourth-order valence-electron chi connectivity index (χ4n) is 2.70. The molecule has 1 aliphatic heterocycles. The molecule has 1 saturated heterocycles. The fourth-order valence-corrected chi connectivity index (χ4v) is 3.05. The standard InChI is InChI=1S/C17H18BrFN4O/c1-11(21-22-17(24)15-9-13(18)10-20-15)12-4-5-16(14(19)8-12)23-6-2-3-7-23/h4-5,8-10,20H,2-3,6-7H2,1H3,(H,22,24)/b21-11-. The molecule has 5 nitrogen and oxygen atoms in total. The third-order valence-electron chi connectivity index (χ3n) is 4.03. The number of aromatic amines is 1. The van der Waals surface area contributed by atoms with Crippen LogP contribution >= 0.6 is 15.9 Å². The molecule has 1 fully saturated rings. The normalized spacial score (nSPS) is 15.0. The molecular formula is C17H18BrFN4O. The third kappa shape index (κ3) is 3.67. The van der Waals surface area contributed by atoms with Crippen molar-refractivity contribution < 1.29 is 9.18 Å². The van der Waals surface area contributed by atoms with Gasteiger partial charge < -0.3 is 9.88 Å². The predicted octanol–water partition coefficient (Wildman–Crippen LogP) is 3.67. The molecule has 2 heterocycles. The van der Waals surface area contributed by atoms with Gasteiger partial charge in [-0.15, -0.1) is 0 Å². The number of rotatable bonds is 4. The SMILES string of the molecule is C/C(=N/NC(=O)c1cc(Br)c[nH]1)c1ccc(N2CCCC2)c(F)c1. The van der Waals surface area contributed by atoms with Crippen molar-refractivity contribution in [2.75, 3.05) is 18.0 Å². The van der Waals surface area contributed by atoms with Crippen LogP contribution in [0.3, 0.4) is 0 Å². The molecule has 1 amide bonds. The molecule has 3 rings (SSSR count). The highest BCUT2D eigenvalue weighted by Gasteiger charge is 2.16. The van der Waals surface area contributed by atoms with E-state index in [-0.39, 0.29) is 11.7 Å². The average molecular weight is 393 g/mol. The molecule has 126 valence electrons. The molecular weight excluding hydrogens is 375 g/mol. The molecule has 1 aromatic heterocycles. The Hall–Kier alpha value is -2.15. The zero-order chi connectivity index (χ0) is 17.1. The van der Waals surface area contributed by atoms with E-state index in [9.17, 15) is 9.18 Å². The van der Waals surface area contributed by atoms with Crippen LogP contribution in [0.5, 0.6) is 0 Å². The summed E-state index contributed by atoms with van der Waals surface area (Å²) in [6, 6.07) is 6.72. The number of halogens is 2. The van der Waals surface area contributed by atoms with Gasteiger partial charge in [-0.25, -0.2) is 9.82 Å². The molecule has 0 radical (unpaired) electrons. The summed E-state index contributed by atoms with van der Waals surface area (Å²) in [5.74, 6) is -0.613. The van der Waals surface area contributed by atoms with Gasteiger partial charge >= 0.3 is 0 Å². The van der Waals surface area contributed by atoms with Gasteiger partial charge in [0.05, 0.1) is 11.4 Å². The topological polar surface area (TPSA) is 60.5 Å². The second-order valence-corrected chi connectivity index (χ2v) is 6.65. The number of amides is 1. The molecule has 2 aromatic rings. The molecule has 0 saturated carbocycles. The highest BCUT2D eigenvalue weighted by Crippen LogP contribution is 2.24. The summed E-state index contributed by atoms with van der Waals surface area (Å²) >= 11 is 3.27. The van der Waals surface area contributed by atoms with Gasteiger partial charge in [0, 0.05) is 29.3 Å². The first-order chi connectivity index (χ1) is 11.5. The van der Waals surface area contributed by atoms with Crippen LogP contribution in [0.1, 0.15) is 35.8 Å². The fraction of sp³-hybridized carbons (Fsp3) is 0.294.